The summed E-state index contributed by atoms with van der Waals surface area (Å²) in [5, 5.41) is 1.50. The van der Waals surface area contributed by atoms with Crippen LogP contribution in [-0.4, -0.2) is 4.98 Å². The molecule has 3 nitrogen and oxygen atoms in total. The molecule has 0 unspecified atom stereocenters. The first-order chi connectivity index (χ1) is 6.74. The Morgan fingerprint density at radius 2 is 2.14 bits per heavy atom. The standard InChI is InChI=1S/C9H7BrClN3/c10-5-1-2-6(11)9-8(5)7(14-12)3-4-13-9/h1-4H,12H2,(H,13,14). The van der Waals surface area contributed by atoms with Gasteiger partial charge in [-0.25, -0.2) is 0 Å². The van der Waals surface area contributed by atoms with Crippen molar-refractivity contribution < 1.29 is 0 Å². The van der Waals surface area contributed by atoms with Gasteiger partial charge in [0.2, 0.25) is 0 Å². The van der Waals surface area contributed by atoms with Crippen LogP contribution in [0.5, 0.6) is 0 Å². The minimum absolute atomic E-state index is 0.611. The van der Waals surface area contributed by atoms with Crippen LogP contribution in [0.15, 0.2) is 28.9 Å². The van der Waals surface area contributed by atoms with Gasteiger partial charge < -0.3 is 5.43 Å². The number of nitrogen functional groups attached to an aromatic ring is 1. The van der Waals surface area contributed by atoms with Crippen molar-refractivity contribution in [3.8, 4) is 0 Å². The Bertz CT molecular complexity index is 487. The van der Waals surface area contributed by atoms with Gasteiger partial charge >= 0.3 is 0 Å². The molecular weight excluding hydrogens is 265 g/mol. The van der Waals surface area contributed by atoms with Gasteiger partial charge in [0, 0.05) is 16.1 Å². The highest BCUT2D eigenvalue weighted by Crippen LogP contribution is 2.32. The Labute approximate surface area is 94.4 Å². The van der Waals surface area contributed by atoms with Crippen LogP contribution in [0.25, 0.3) is 10.9 Å². The molecule has 2 rings (SSSR count). The predicted octanol–water partition coefficient (Wildman–Crippen LogP) is 2.94. The van der Waals surface area contributed by atoms with Crippen molar-refractivity contribution in [3.63, 3.8) is 0 Å². The molecule has 0 bridgehead atoms. The third kappa shape index (κ3) is 1.45. The summed E-state index contributed by atoms with van der Waals surface area (Å²) in [7, 11) is 0. The van der Waals surface area contributed by atoms with Gasteiger partial charge in [0.1, 0.15) is 0 Å². The zero-order chi connectivity index (χ0) is 10.1. The van der Waals surface area contributed by atoms with E-state index < -0.39 is 0 Å². The van der Waals surface area contributed by atoms with Gasteiger partial charge in [-0.05, 0) is 18.2 Å². The van der Waals surface area contributed by atoms with Crippen molar-refractivity contribution in [3.05, 3.63) is 33.9 Å². The molecule has 3 N–H and O–H groups in total. The number of halogens is 2. The molecule has 1 heterocycles. The number of aromatic nitrogens is 1. The lowest BCUT2D eigenvalue weighted by molar-refractivity contribution is 1.33. The number of anilines is 1. The van der Waals surface area contributed by atoms with Crippen LogP contribution in [0.3, 0.4) is 0 Å². The largest absolute Gasteiger partial charge is 0.323 e. The first-order valence-electron chi connectivity index (χ1n) is 3.93. The number of hydrogen-bond acceptors (Lipinski definition) is 3. The molecule has 0 radical (unpaired) electrons. The second-order valence-electron chi connectivity index (χ2n) is 2.76. The van der Waals surface area contributed by atoms with E-state index in [0.29, 0.717) is 5.02 Å². The number of rotatable bonds is 1. The quantitative estimate of drug-likeness (QED) is 0.620. The lowest BCUT2D eigenvalue weighted by Gasteiger charge is -2.07. The summed E-state index contributed by atoms with van der Waals surface area (Å²) in [6.45, 7) is 0. The highest BCUT2D eigenvalue weighted by Gasteiger charge is 2.07. The molecule has 0 spiro atoms. The SMILES string of the molecule is NNc1ccnc2c(Cl)ccc(Br)c12. The van der Waals surface area contributed by atoms with Gasteiger partial charge in [0.15, 0.2) is 0 Å². The van der Waals surface area contributed by atoms with Crippen LogP contribution in [-0.2, 0) is 0 Å². The zero-order valence-corrected chi connectivity index (χ0v) is 9.43. The number of fused-ring (bicyclic) bond motifs is 1. The maximum absolute atomic E-state index is 6.01. The Morgan fingerprint density at radius 1 is 1.36 bits per heavy atom. The molecule has 0 saturated carbocycles. The highest BCUT2D eigenvalue weighted by molar-refractivity contribution is 9.10. The van der Waals surface area contributed by atoms with Crippen molar-refractivity contribution in [2.45, 2.75) is 0 Å². The summed E-state index contributed by atoms with van der Waals surface area (Å²) in [5.41, 5.74) is 4.14. The van der Waals surface area contributed by atoms with Gasteiger partial charge in [-0.1, -0.05) is 27.5 Å². The summed E-state index contributed by atoms with van der Waals surface area (Å²) < 4.78 is 0.915. The van der Waals surface area contributed by atoms with Crippen molar-refractivity contribution in [2.24, 2.45) is 5.84 Å². The third-order valence-electron chi connectivity index (χ3n) is 1.95. The van der Waals surface area contributed by atoms with Gasteiger partial charge in [-0.2, -0.15) is 0 Å². The van der Waals surface area contributed by atoms with E-state index in [1.165, 1.54) is 0 Å². The van der Waals surface area contributed by atoms with E-state index in [4.69, 9.17) is 17.4 Å². The molecule has 1 aromatic carbocycles. The topological polar surface area (TPSA) is 50.9 Å². The van der Waals surface area contributed by atoms with Crippen molar-refractivity contribution >= 4 is 44.1 Å². The number of hydrazine groups is 1. The molecule has 0 aliphatic carbocycles. The normalized spacial score (nSPS) is 10.5. The Kier molecular flexibility index (Phi) is 2.58. The first kappa shape index (κ1) is 9.71. The minimum Gasteiger partial charge on any atom is -0.323 e. The van der Waals surface area contributed by atoms with E-state index in [1.54, 1.807) is 18.3 Å². The van der Waals surface area contributed by atoms with Crippen LogP contribution in [0, 0.1) is 0 Å². The molecule has 0 saturated heterocycles. The summed E-state index contributed by atoms with van der Waals surface area (Å²) in [5.74, 6) is 5.39. The Morgan fingerprint density at radius 3 is 2.86 bits per heavy atom. The summed E-state index contributed by atoms with van der Waals surface area (Å²) >= 11 is 9.43. The second-order valence-corrected chi connectivity index (χ2v) is 4.02. The highest BCUT2D eigenvalue weighted by atomic mass is 79.9. The predicted molar refractivity (Wildman–Crippen MR) is 62.3 cm³/mol. The van der Waals surface area contributed by atoms with Crippen LogP contribution in [0.1, 0.15) is 0 Å². The number of hydrogen-bond donors (Lipinski definition) is 2. The van der Waals surface area contributed by atoms with Crippen molar-refractivity contribution in [1.82, 2.24) is 4.98 Å². The van der Waals surface area contributed by atoms with E-state index in [0.717, 1.165) is 21.1 Å². The van der Waals surface area contributed by atoms with Gasteiger partial charge in [0.05, 0.1) is 16.2 Å². The van der Waals surface area contributed by atoms with E-state index in [1.807, 2.05) is 6.07 Å². The average Bonchev–Trinajstić information content (AvgIpc) is 2.23. The van der Waals surface area contributed by atoms with Crippen LogP contribution in [0.2, 0.25) is 5.02 Å². The molecule has 0 amide bonds. The molecule has 0 atom stereocenters. The van der Waals surface area contributed by atoms with Crippen molar-refractivity contribution in [1.29, 1.82) is 0 Å². The molecule has 14 heavy (non-hydrogen) atoms. The van der Waals surface area contributed by atoms with Gasteiger partial charge in [0.25, 0.3) is 0 Å². The van der Waals surface area contributed by atoms with E-state index >= 15 is 0 Å². The molecule has 0 aliphatic heterocycles. The molecule has 0 fully saturated rings. The number of nitrogens with zero attached hydrogens (tertiary/aromatic N) is 1. The summed E-state index contributed by atoms with van der Waals surface area (Å²) in [6.07, 6.45) is 1.66. The Balaban J connectivity index is 2.92. The Hall–Kier alpha value is -0.840. The fourth-order valence-corrected chi connectivity index (χ4v) is 2.05. The minimum atomic E-state index is 0.611. The van der Waals surface area contributed by atoms with E-state index in [9.17, 15) is 0 Å². The van der Waals surface area contributed by atoms with Crippen LogP contribution >= 0.6 is 27.5 Å². The van der Waals surface area contributed by atoms with Crippen LogP contribution < -0.4 is 11.3 Å². The van der Waals surface area contributed by atoms with E-state index in [2.05, 4.69) is 26.3 Å². The molecular formula is C9H7BrClN3. The number of pyridine rings is 1. The average molecular weight is 273 g/mol. The fraction of sp³-hybridized carbons (Fsp3) is 0. The maximum atomic E-state index is 6.01. The summed E-state index contributed by atoms with van der Waals surface area (Å²) in [4.78, 5) is 4.19. The maximum Gasteiger partial charge on any atom is 0.0920 e. The van der Waals surface area contributed by atoms with E-state index in [-0.39, 0.29) is 0 Å². The van der Waals surface area contributed by atoms with Crippen LogP contribution in [0.4, 0.5) is 5.69 Å². The lowest BCUT2D eigenvalue weighted by atomic mass is 10.2. The third-order valence-corrected chi connectivity index (χ3v) is 2.91. The number of nitrogens with one attached hydrogen (secondary N) is 1. The molecule has 1 aromatic heterocycles. The van der Waals surface area contributed by atoms with Gasteiger partial charge in [-0.15, -0.1) is 0 Å². The first-order valence-corrected chi connectivity index (χ1v) is 5.10. The second kappa shape index (κ2) is 3.73. The summed E-state index contributed by atoms with van der Waals surface area (Å²) in [6, 6.07) is 5.46. The fourth-order valence-electron chi connectivity index (χ4n) is 1.31. The number of nitrogens with two attached hydrogens (primary N) is 1. The lowest BCUT2D eigenvalue weighted by Crippen LogP contribution is -2.07. The number of benzene rings is 1. The molecule has 0 aliphatic rings. The molecule has 72 valence electrons. The molecule has 5 heteroatoms. The zero-order valence-electron chi connectivity index (χ0n) is 7.09. The molecule has 2 aromatic rings. The van der Waals surface area contributed by atoms with Gasteiger partial charge in [-0.3, -0.25) is 10.8 Å². The monoisotopic (exact) mass is 271 g/mol. The van der Waals surface area contributed by atoms with Crippen molar-refractivity contribution in [2.75, 3.05) is 5.43 Å². The smallest absolute Gasteiger partial charge is 0.0920 e.